The fourth-order valence-electron chi connectivity index (χ4n) is 4.15. The smallest absolute Gasteiger partial charge is 0.272 e. The van der Waals surface area contributed by atoms with Crippen molar-refractivity contribution >= 4 is 17.7 Å². The van der Waals surface area contributed by atoms with Crippen molar-refractivity contribution in [3.63, 3.8) is 0 Å². The topological polar surface area (TPSA) is 77.6 Å². The van der Waals surface area contributed by atoms with E-state index in [1.54, 1.807) is 28.6 Å². The van der Waals surface area contributed by atoms with Gasteiger partial charge in [-0.1, -0.05) is 25.6 Å². The van der Waals surface area contributed by atoms with Crippen molar-refractivity contribution in [1.82, 2.24) is 29.9 Å². The molecule has 1 aliphatic carbocycles. The maximum atomic E-state index is 13.3. The Morgan fingerprint density at radius 2 is 2.00 bits per heavy atom. The van der Waals surface area contributed by atoms with Gasteiger partial charge in [0.05, 0.1) is 5.69 Å². The van der Waals surface area contributed by atoms with Crippen LogP contribution in [0.3, 0.4) is 0 Å². The van der Waals surface area contributed by atoms with Crippen LogP contribution in [-0.2, 0) is 25.8 Å². The van der Waals surface area contributed by atoms with E-state index in [0.29, 0.717) is 18.2 Å². The Hall–Kier alpha value is -2.68. The van der Waals surface area contributed by atoms with E-state index in [4.69, 9.17) is 0 Å². The van der Waals surface area contributed by atoms with Gasteiger partial charge in [0, 0.05) is 30.8 Å². The first-order valence-electron chi connectivity index (χ1n) is 11.1. The van der Waals surface area contributed by atoms with Gasteiger partial charge in [0.1, 0.15) is 11.6 Å². The molecule has 0 spiro atoms. The summed E-state index contributed by atoms with van der Waals surface area (Å²) in [6, 6.07) is 6.22. The zero-order chi connectivity index (χ0) is 22.7. The van der Waals surface area contributed by atoms with Crippen LogP contribution in [0.2, 0.25) is 0 Å². The zero-order valence-electron chi connectivity index (χ0n) is 18.8. The predicted molar refractivity (Wildman–Crippen MR) is 123 cm³/mol. The molecule has 170 valence electrons. The minimum absolute atomic E-state index is 0.155. The monoisotopic (exact) mass is 456 g/mol. The number of halogens is 1. The fraction of sp³-hybridized carbons (Fsp3) is 0.478. The number of benzene rings is 1. The van der Waals surface area contributed by atoms with E-state index in [1.807, 2.05) is 6.26 Å². The molecule has 0 atom stereocenters. The first-order valence-corrected chi connectivity index (χ1v) is 12.3. The van der Waals surface area contributed by atoms with Gasteiger partial charge in [-0.05, 0) is 62.1 Å². The molecule has 0 saturated heterocycles. The summed E-state index contributed by atoms with van der Waals surface area (Å²) in [6.07, 6.45) is 6.25. The van der Waals surface area contributed by atoms with E-state index in [9.17, 15) is 9.18 Å². The highest BCUT2D eigenvalue weighted by molar-refractivity contribution is 7.98. The predicted octanol–water partition coefficient (Wildman–Crippen LogP) is 3.83. The molecule has 9 heteroatoms. The summed E-state index contributed by atoms with van der Waals surface area (Å²) in [6.45, 7) is 5.78. The van der Waals surface area contributed by atoms with Gasteiger partial charge >= 0.3 is 0 Å². The maximum Gasteiger partial charge on any atom is 0.272 e. The lowest BCUT2D eigenvalue weighted by molar-refractivity contribution is 0.0947. The second-order valence-corrected chi connectivity index (χ2v) is 9.26. The molecule has 1 N–H and O–H groups in total. The van der Waals surface area contributed by atoms with Gasteiger partial charge in [-0.25, -0.2) is 9.07 Å². The number of nitrogens with zero attached hydrogens (tertiary/aromatic N) is 5. The quantitative estimate of drug-likeness (QED) is 0.391. The highest BCUT2D eigenvalue weighted by Crippen LogP contribution is 2.28. The SMILES string of the molecule is CSc1nnc(CCCNC(=O)c2nn(-c3ccc(F)cc3)c3c2CCC3)n1CC(C)C. The minimum atomic E-state index is -0.288. The summed E-state index contributed by atoms with van der Waals surface area (Å²) >= 11 is 1.60. The molecular weight excluding hydrogens is 427 g/mol. The molecule has 3 aromatic rings. The van der Waals surface area contributed by atoms with Crippen molar-refractivity contribution in [2.45, 2.75) is 57.7 Å². The van der Waals surface area contributed by atoms with Crippen LogP contribution in [-0.4, -0.2) is 43.3 Å². The first-order chi connectivity index (χ1) is 15.5. The van der Waals surface area contributed by atoms with E-state index < -0.39 is 0 Å². The molecule has 0 unspecified atom stereocenters. The van der Waals surface area contributed by atoms with E-state index in [-0.39, 0.29) is 11.7 Å². The van der Waals surface area contributed by atoms with Crippen molar-refractivity contribution < 1.29 is 9.18 Å². The molecule has 0 aliphatic heterocycles. The number of carbonyl (C=O) groups is 1. The Bertz CT molecular complexity index is 1090. The summed E-state index contributed by atoms with van der Waals surface area (Å²) in [4.78, 5) is 12.9. The van der Waals surface area contributed by atoms with Crippen molar-refractivity contribution in [3.8, 4) is 5.69 Å². The molecule has 32 heavy (non-hydrogen) atoms. The van der Waals surface area contributed by atoms with Crippen LogP contribution in [0, 0.1) is 11.7 Å². The highest BCUT2D eigenvalue weighted by atomic mass is 32.2. The standard InChI is InChI=1S/C23H29FN6OS/c1-15(2)14-29-20(26-27-23(29)32-3)8-5-13-25-22(31)21-18-6-4-7-19(18)30(28-21)17-11-9-16(24)10-12-17/h9-12,15H,4-8,13-14H2,1-3H3,(H,25,31). The van der Waals surface area contributed by atoms with Gasteiger partial charge in [-0.3, -0.25) is 4.79 Å². The molecule has 0 fully saturated rings. The molecule has 4 rings (SSSR count). The van der Waals surface area contributed by atoms with Crippen LogP contribution < -0.4 is 5.32 Å². The number of aromatic nitrogens is 5. The van der Waals surface area contributed by atoms with Crippen LogP contribution in [0.25, 0.3) is 5.69 Å². The number of hydrogen-bond acceptors (Lipinski definition) is 5. The molecule has 1 aliphatic rings. The number of amides is 1. The average molecular weight is 457 g/mol. The van der Waals surface area contributed by atoms with Gasteiger partial charge in [0.25, 0.3) is 5.91 Å². The Balaban J connectivity index is 1.40. The second-order valence-electron chi connectivity index (χ2n) is 8.48. The first kappa shape index (κ1) is 22.5. The lowest BCUT2D eigenvalue weighted by atomic mass is 10.2. The van der Waals surface area contributed by atoms with Crippen molar-refractivity contribution in [2.24, 2.45) is 5.92 Å². The summed E-state index contributed by atoms with van der Waals surface area (Å²) in [7, 11) is 0. The summed E-state index contributed by atoms with van der Waals surface area (Å²) in [5, 5.41) is 17.1. The number of aryl methyl sites for hydroxylation is 1. The molecular formula is C23H29FN6OS. The van der Waals surface area contributed by atoms with Gasteiger partial charge < -0.3 is 9.88 Å². The molecule has 7 nitrogen and oxygen atoms in total. The summed E-state index contributed by atoms with van der Waals surface area (Å²) in [5.41, 5.74) is 3.31. The lowest BCUT2D eigenvalue weighted by Gasteiger charge is -2.11. The Morgan fingerprint density at radius 3 is 2.72 bits per heavy atom. The van der Waals surface area contributed by atoms with Crippen molar-refractivity contribution in [3.05, 3.63) is 52.9 Å². The zero-order valence-corrected chi connectivity index (χ0v) is 19.6. The highest BCUT2D eigenvalue weighted by Gasteiger charge is 2.26. The van der Waals surface area contributed by atoms with Crippen LogP contribution in [0.1, 0.15) is 54.3 Å². The average Bonchev–Trinajstić information content (AvgIpc) is 3.47. The van der Waals surface area contributed by atoms with Gasteiger partial charge in [0.15, 0.2) is 10.9 Å². The maximum absolute atomic E-state index is 13.3. The molecule has 0 radical (unpaired) electrons. The van der Waals surface area contributed by atoms with Gasteiger partial charge in [-0.15, -0.1) is 10.2 Å². The van der Waals surface area contributed by atoms with Crippen molar-refractivity contribution in [2.75, 3.05) is 12.8 Å². The van der Waals surface area contributed by atoms with Crippen LogP contribution in [0.15, 0.2) is 29.4 Å². The van der Waals surface area contributed by atoms with Crippen LogP contribution >= 0.6 is 11.8 Å². The third-order valence-corrected chi connectivity index (χ3v) is 6.27. The number of fused-ring (bicyclic) bond motifs is 1. The molecule has 1 amide bonds. The Morgan fingerprint density at radius 1 is 1.22 bits per heavy atom. The Labute approximate surface area is 191 Å². The third kappa shape index (κ3) is 4.72. The molecule has 0 bridgehead atoms. The van der Waals surface area contributed by atoms with E-state index >= 15 is 0 Å². The molecule has 2 heterocycles. The van der Waals surface area contributed by atoms with E-state index in [2.05, 4.69) is 39.0 Å². The molecule has 0 saturated carbocycles. The fourth-order valence-corrected chi connectivity index (χ4v) is 4.67. The lowest BCUT2D eigenvalue weighted by Crippen LogP contribution is -2.26. The molecule has 1 aromatic carbocycles. The summed E-state index contributed by atoms with van der Waals surface area (Å²) in [5.74, 6) is 1.02. The van der Waals surface area contributed by atoms with Crippen LogP contribution in [0.4, 0.5) is 4.39 Å². The summed E-state index contributed by atoms with van der Waals surface area (Å²) < 4.78 is 17.3. The van der Waals surface area contributed by atoms with E-state index in [1.165, 1.54) is 12.1 Å². The van der Waals surface area contributed by atoms with Crippen molar-refractivity contribution in [1.29, 1.82) is 0 Å². The molecule has 2 aromatic heterocycles. The van der Waals surface area contributed by atoms with E-state index in [0.717, 1.165) is 66.6 Å². The number of carbonyl (C=O) groups excluding carboxylic acids is 1. The Kier molecular flexibility index (Phi) is 6.93. The number of hydrogen-bond donors (Lipinski definition) is 1. The van der Waals surface area contributed by atoms with Gasteiger partial charge in [0.2, 0.25) is 0 Å². The number of thioether (sulfide) groups is 1. The number of rotatable bonds is 9. The minimum Gasteiger partial charge on any atom is -0.351 e. The van der Waals surface area contributed by atoms with Gasteiger partial charge in [-0.2, -0.15) is 5.10 Å². The normalized spacial score (nSPS) is 13.0. The second kappa shape index (κ2) is 9.85. The van der Waals surface area contributed by atoms with Crippen LogP contribution in [0.5, 0.6) is 0 Å². The largest absolute Gasteiger partial charge is 0.351 e. The number of nitrogens with one attached hydrogen (secondary N) is 1. The third-order valence-electron chi connectivity index (χ3n) is 5.60.